The van der Waals surface area contributed by atoms with Gasteiger partial charge >= 0.3 is 0 Å². The number of nitrogens with zero attached hydrogens (tertiary/aromatic N) is 3. The lowest BCUT2D eigenvalue weighted by molar-refractivity contribution is -0.137. The quantitative estimate of drug-likeness (QED) is 0.482. The van der Waals surface area contributed by atoms with Crippen molar-refractivity contribution >= 4 is 27.5 Å². The molecule has 2 amide bonds. The highest BCUT2D eigenvalue weighted by Crippen LogP contribution is 2.40. The van der Waals surface area contributed by atoms with E-state index in [1.165, 1.54) is 4.31 Å². The number of anilines is 1. The maximum atomic E-state index is 13.9. The van der Waals surface area contributed by atoms with E-state index < -0.39 is 15.6 Å². The minimum absolute atomic E-state index is 0.0370. The molecule has 2 heterocycles. The minimum atomic E-state index is -3.65. The Morgan fingerprint density at radius 3 is 2.05 bits per heavy atom. The summed E-state index contributed by atoms with van der Waals surface area (Å²) in [6.07, 6.45) is 1.41. The second kappa shape index (κ2) is 11.0. The predicted octanol–water partition coefficient (Wildman–Crippen LogP) is 2.88. The van der Waals surface area contributed by atoms with Crippen LogP contribution in [0.5, 0.6) is 0 Å². The summed E-state index contributed by atoms with van der Waals surface area (Å²) in [5.41, 5.74) is 1.12. The number of carbonyl (C=O) groups excluding carboxylic acids is 2. The van der Waals surface area contributed by atoms with Gasteiger partial charge in [0, 0.05) is 25.3 Å². The Labute approximate surface area is 223 Å². The van der Waals surface area contributed by atoms with Crippen LogP contribution in [0.4, 0.5) is 5.69 Å². The molecule has 0 saturated carbocycles. The lowest BCUT2D eigenvalue weighted by Crippen LogP contribution is -2.57. The van der Waals surface area contributed by atoms with E-state index in [9.17, 15) is 18.0 Å². The minimum Gasteiger partial charge on any atom is -0.354 e. The third-order valence-corrected chi connectivity index (χ3v) is 9.34. The molecule has 9 heteroatoms. The molecule has 0 unspecified atom stereocenters. The molecular formula is C29H32N4O4S. The second-order valence-corrected chi connectivity index (χ2v) is 11.7. The van der Waals surface area contributed by atoms with E-state index >= 15 is 0 Å². The van der Waals surface area contributed by atoms with Crippen molar-refractivity contribution in [3.63, 3.8) is 0 Å². The molecular weight excluding hydrogens is 500 g/mol. The zero-order valence-corrected chi connectivity index (χ0v) is 22.0. The Morgan fingerprint density at radius 1 is 0.842 bits per heavy atom. The van der Waals surface area contributed by atoms with E-state index in [2.05, 4.69) is 5.32 Å². The van der Waals surface area contributed by atoms with Gasteiger partial charge in [-0.1, -0.05) is 66.7 Å². The van der Waals surface area contributed by atoms with E-state index in [0.717, 1.165) is 11.3 Å². The van der Waals surface area contributed by atoms with E-state index in [0.29, 0.717) is 25.8 Å². The molecule has 3 aromatic rings. The summed E-state index contributed by atoms with van der Waals surface area (Å²) in [5.74, 6) is -0.334. The van der Waals surface area contributed by atoms with E-state index in [1.54, 1.807) is 35.2 Å². The monoisotopic (exact) mass is 532 g/mol. The van der Waals surface area contributed by atoms with Gasteiger partial charge in [0.2, 0.25) is 21.8 Å². The van der Waals surface area contributed by atoms with Gasteiger partial charge in [0.25, 0.3) is 0 Å². The molecule has 0 atom stereocenters. The normalized spacial score (nSPS) is 17.6. The van der Waals surface area contributed by atoms with Crippen LogP contribution in [0.25, 0.3) is 0 Å². The summed E-state index contributed by atoms with van der Waals surface area (Å²) in [7, 11) is -3.65. The second-order valence-electron chi connectivity index (χ2n) is 9.74. The number of carbonyl (C=O) groups is 2. The fraction of sp³-hybridized carbons (Fsp3) is 0.310. The average molecular weight is 533 g/mol. The van der Waals surface area contributed by atoms with Crippen LogP contribution in [0.2, 0.25) is 0 Å². The fourth-order valence-corrected chi connectivity index (χ4v) is 6.84. The van der Waals surface area contributed by atoms with Gasteiger partial charge in [-0.3, -0.25) is 9.59 Å². The van der Waals surface area contributed by atoms with Crippen LogP contribution in [0.15, 0.2) is 95.9 Å². The Kier molecular flexibility index (Phi) is 7.49. The van der Waals surface area contributed by atoms with Crippen LogP contribution in [0, 0.1) is 0 Å². The van der Waals surface area contributed by atoms with Gasteiger partial charge < -0.3 is 15.1 Å². The van der Waals surface area contributed by atoms with Crippen molar-refractivity contribution < 1.29 is 18.0 Å². The van der Waals surface area contributed by atoms with Crippen LogP contribution in [0.1, 0.15) is 18.4 Å². The Morgan fingerprint density at radius 2 is 1.42 bits per heavy atom. The summed E-state index contributed by atoms with van der Waals surface area (Å²) in [4.78, 5) is 30.5. The number of benzene rings is 3. The van der Waals surface area contributed by atoms with Crippen molar-refractivity contribution in [2.75, 3.05) is 37.7 Å². The molecule has 5 rings (SSSR count). The van der Waals surface area contributed by atoms with Crippen LogP contribution in [-0.4, -0.2) is 67.8 Å². The van der Waals surface area contributed by atoms with E-state index in [1.807, 2.05) is 65.6 Å². The molecule has 198 valence electrons. The molecule has 1 spiro atoms. The van der Waals surface area contributed by atoms with Crippen molar-refractivity contribution in [1.29, 1.82) is 0 Å². The third-order valence-electron chi connectivity index (χ3n) is 7.43. The molecule has 38 heavy (non-hydrogen) atoms. The molecule has 0 aromatic heterocycles. The van der Waals surface area contributed by atoms with Crippen molar-refractivity contribution in [1.82, 2.24) is 14.5 Å². The SMILES string of the molecule is O=C(CN1CN(c2ccccc2)C2(CCN(S(=O)(=O)c3ccccc3)CC2)C1=O)NCCc1ccccc1. The molecule has 1 N–H and O–H groups in total. The van der Waals surface area contributed by atoms with Crippen molar-refractivity contribution in [3.8, 4) is 0 Å². The van der Waals surface area contributed by atoms with Crippen molar-refractivity contribution in [3.05, 3.63) is 96.6 Å². The number of hydrogen-bond donors (Lipinski definition) is 1. The molecule has 0 aliphatic carbocycles. The highest BCUT2D eigenvalue weighted by atomic mass is 32.2. The first-order valence-corrected chi connectivity index (χ1v) is 14.3. The summed E-state index contributed by atoms with van der Waals surface area (Å²) in [6.45, 7) is 1.18. The molecule has 0 radical (unpaired) electrons. The first kappa shape index (κ1) is 25.9. The molecule has 2 aliphatic rings. The van der Waals surface area contributed by atoms with Crippen LogP contribution < -0.4 is 10.2 Å². The molecule has 0 bridgehead atoms. The van der Waals surface area contributed by atoms with Crippen LogP contribution in [-0.2, 0) is 26.0 Å². The first-order valence-electron chi connectivity index (χ1n) is 12.9. The van der Waals surface area contributed by atoms with Crippen molar-refractivity contribution in [2.24, 2.45) is 0 Å². The zero-order chi connectivity index (χ0) is 26.6. The number of rotatable bonds is 8. The Bertz CT molecular complexity index is 1360. The Hall–Kier alpha value is -3.69. The maximum Gasteiger partial charge on any atom is 0.250 e. The molecule has 2 fully saturated rings. The number of amides is 2. The van der Waals surface area contributed by atoms with Gasteiger partial charge in [-0.05, 0) is 49.1 Å². The Balaban J connectivity index is 1.29. The van der Waals surface area contributed by atoms with Gasteiger partial charge in [-0.2, -0.15) is 4.31 Å². The predicted molar refractivity (Wildman–Crippen MR) is 146 cm³/mol. The molecule has 3 aromatic carbocycles. The van der Waals surface area contributed by atoms with Gasteiger partial charge in [-0.25, -0.2) is 8.42 Å². The third kappa shape index (κ3) is 5.16. The van der Waals surface area contributed by atoms with Gasteiger partial charge in [0.05, 0.1) is 11.6 Å². The zero-order valence-electron chi connectivity index (χ0n) is 21.2. The summed E-state index contributed by atoms with van der Waals surface area (Å²) in [6, 6.07) is 28.0. The summed E-state index contributed by atoms with van der Waals surface area (Å²) in [5, 5.41) is 2.93. The fourth-order valence-electron chi connectivity index (χ4n) is 5.38. The van der Waals surface area contributed by atoms with Gasteiger partial charge in [-0.15, -0.1) is 0 Å². The average Bonchev–Trinajstić information content (AvgIpc) is 3.21. The number of para-hydroxylation sites is 1. The largest absolute Gasteiger partial charge is 0.354 e. The van der Waals surface area contributed by atoms with Gasteiger partial charge in [0.15, 0.2) is 0 Å². The van der Waals surface area contributed by atoms with Crippen LogP contribution in [0.3, 0.4) is 0 Å². The molecule has 2 aliphatic heterocycles. The maximum absolute atomic E-state index is 13.9. The van der Waals surface area contributed by atoms with Crippen LogP contribution >= 0.6 is 0 Å². The first-order chi connectivity index (χ1) is 18.4. The lowest BCUT2D eigenvalue weighted by Gasteiger charge is -2.42. The van der Waals surface area contributed by atoms with E-state index in [-0.39, 0.29) is 43.0 Å². The van der Waals surface area contributed by atoms with Crippen molar-refractivity contribution in [2.45, 2.75) is 29.7 Å². The molecule has 2 saturated heterocycles. The van der Waals surface area contributed by atoms with E-state index in [4.69, 9.17) is 0 Å². The standard InChI is InChI=1S/C29H32N4O4S/c34-27(30-19-16-24-10-4-1-5-11-24)22-31-23-33(25-12-6-2-7-13-25)29(28(31)35)17-20-32(21-18-29)38(36,37)26-14-8-3-9-15-26/h1-15H,16-23H2,(H,30,34). The topological polar surface area (TPSA) is 90.0 Å². The number of hydrogen-bond acceptors (Lipinski definition) is 5. The van der Waals surface area contributed by atoms with Gasteiger partial charge in [0.1, 0.15) is 12.1 Å². The summed E-state index contributed by atoms with van der Waals surface area (Å²) >= 11 is 0. The smallest absolute Gasteiger partial charge is 0.250 e. The highest BCUT2D eigenvalue weighted by molar-refractivity contribution is 7.89. The lowest BCUT2D eigenvalue weighted by atomic mass is 9.86. The number of nitrogens with one attached hydrogen (secondary N) is 1. The number of piperidine rings is 1. The highest BCUT2D eigenvalue weighted by Gasteiger charge is 2.55. The summed E-state index contributed by atoms with van der Waals surface area (Å²) < 4.78 is 27.9. The molecule has 8 nitrogen and oxygen atoms in total. The number of sulfonamides is 1.